The summed E-state index contributed by atoms with van der Waals surface area (Å²) in [5.41, 5.74) is 0. The molecule has 0 spiro atoms. The van der Waals surface area contributed by atoms with Gasteiger partial charge in [0.1, 0.15) is 0 Å². The van der Waals surface area contributed by atoms with Crippen molar-refractivity contribution in [2.75, 3.05) is 13.6 Å². The number of hydrogen-bond donors (Lipinski definition) is 2. The number of halogens is 1. The van der Waals surface area contributed by atoms with E-state index in [9.17, 15) is 0 Å². The van der Waals surface area contributed by atoms with E-state index in [4.69, 9.17) is 0 Å². The third-order valence-electron chi connectivity index (χ3n) is 3.33. The minimum atomic E-state index is 0. The van der Waals surface area contributed by atoms with Gasteiger partial charge in [-0.1, -0.05) is 18.9 Å². The molecule has 1 aromatic heterocycles. The van der Waals surface area contributed by atoms with Crippen LogP contribution in [0.4, 0.5) is 0 Å². The number of guanidine groups is 1. The molecule has 0 bridgehead atoms. The zero-order valence-electron chi connectivity index (χ0n) is 11.7. The highest BCUT2D eigenvalue weighted by molar-refractivity contribution is 14.0. The van der Waals surface area contributed by atoms with Crippen LogP contribution in [0.2, 0.25) is 0 Å². The molecule has 1 fully saturated rings. The predicted octanol–water partition coefficient (Wildman–Crippen LogP) is 3.78. The Balaban J connectivity index is 0.00000180. The molecule has 0 saturated heterocycles. The van der Waals surface area contributed by atoms with Crippen LogP contribution in [-0.2, 0) is 0 Å². The van der Waals surface area contributed by atoms with Crippen molar-refractivity contribution in [2.24, 2.45) is 10.9 Å². The zero-order valence-corrected chi connectivity index (χ0v) is 14.8. The molecule has 1 heterocycles. The fraction of sp³-hybridized carbons (Fsp3) is 0.643. The first-order valence-electron chi connectivity index (χ1n) is 6.80. The maximum Gasteiger partial charge on any atom is 0.191 e. The Bertz CT molecular complexity index is 374. The van der Waals surface area contributed by atoms with Crippen LogP contribution in [0.5, 0.6) is 0 Å². The Morgan fingerprint density at radius 2 is 2.32 bits per heavy atom. The van der Waals surface area contributed by atoms with Crippen molar-refractivity contribution in [1.29, 1.82) is 0 Å². The smallest absolute Gasteiger partial charge is 0.191 e. The van der Waals surface area contributed by atoms with Gasteiger partial charge in [-0.25, -0.2) is 0 Å². The van der Waals surface area contributed by atoms with Gasteiger partial charge < -0.3 is 10.6 Å². The number of rotatable bonds is 6. The van der Waals surface area contributed by atoms with Crippen LogP contribution >= 0.6 is 35.3 Å². The van der Waals surface area contributed by atoms with Crippen molar-refractivity contribution in [3.63, 3.8) is 0 Å². The van der Waals surface area contributed by atoms with E-state index in [0.717, 1.165) is 18.4 Å². The zero-order chi connectivity index (χ0) is 12.8. The summed E-state index contributed by atoms with van der Waals surface area (Å²) in [6.07, 6.45) is 5.51. The lowest BCUT2D eigenvalue weighted by molar-refractivity contribution is 0.633. The fourth-order valence-corrected chi connectivity index (χ4v) is 2.75. The lowest BCUT2D eigenvalue weighted by Crippen LogP contribution is -2.38. The largest absolute Gasteiger partial charge is 0.356 e. The molecule has 0 aromatic carbocycles. The lowest BCUT2D eigenvalue weighted by Gasteiger charge is -2.16. The quantitative estimate of drug-likeness (QED) is 0.334. The first-order valence-corrected chi connectivity index (χ1v) is 7.68. The topological polar surface area (TPSA) is 36.4 Å². The molecule has 108 valence electrons. The third-order valence-corrected chi connectivity index (χ3v) is 4.38. The van der Waals surface area contributed by atoms with Gasteiger partial charge in [-0.3, -0.25) is 4.99 Å². The summed E-state index contributed by atoms with van der Waals surface area (Å²) in [6, 6.07) is 4.56. The van der Waals surface area contributed by atoms with Gasteiger partial charge in [0.25, 0.3) is 0 Å². The molecule has 5 heteroatoms. The van der Waals surface area contributed by atoms with Gasteiger partial charge in [0.15, 0.2) is 5.96 Å². The van der Waals surface area contributed by atoms with Crippen molar-refractivity contribution in [3.8, 4) is 0 Å². The van der Waals surface area contributed by atoms with Crippen molar-refractivity contribution in [3.05, 3.63) is 22.4 Å². The summed E-state index contributed by atoms with van der Waals surface area (Å²) in [5.74, 6) is 1.93. The summed E-state index contributed by atoms with van der Waals surface area (Å²) >= 11 is 1.78. The molecule has 1 saturated carbocycles. The minimum absolute atomic E-state index is 0. The summed E-state index contributed by atoms with van der Waals surface area (Å²) < 4.78 is 0. The lowest BCUT2D eigenvalue weighted by atomic mass is 10.2. The van der Waals surface area contributed by atoms with E-state index in [1.54, 1.807) is 11.3 Å². The maximum absolute atomic E-state index is 4.27. The van der Waals surface area contributed by atoms with Gasteiger partial charge in [0.2, 0.25) is 0 Å². The summed E-state index contributed by atoms with van der Waals surface area (Å²) in [4.78, 5) is 5.61. The molecule has 1 atom stereocenters. The van der Waals surface area contributed by atoms with Crippen LogP contribution in [0.1, 0.15) is 43.5 Å². The Kier molecular flexibility index (Phi) is 7.75. The van der Waals surface area contributed by atoms with Crippen LogP contribution in [-0.4, -0.2) is 19.6 Å². The van der Waals surface area contributed by atoms with E-state index in [1.165, 1.54) is 30.6 Å². The fourth-order valence-electron chi connectivity index (χ4n) is 2.01. The summed E-state index contributed by atoms with van der Waals surface area (Å²) in [7, 11) is 1.83. The highest BCUT2D eigenvalue weighted by Gasteiger charge is 2.20. The predicted molar refractivity (Wildman–Crippen MR) is 94.6 cm³/mol. The average Bonchev–Trinajstić information content (AvgIpc) is 3.04. The monoisotopic (exact) mass is 393 g/mol. The molecule has 0 radical (unpaired) electrons. The second-order valence-corrected chi connectivity index (χ2v) is 5.95. The molecule has 0 aliphatic heterocycles. The van der Waals surface area contributed by atoms with E-state index in [2.05, 4.69) is 40.1 Å². The van der Waals surface area contributed by atoms with E-state index in [1.807, 2.05) is 7.05 Å². The molecule has 1 unspecified atom stereocenters. The van der Waals surface area contributed by atoms with Gasteiger partial charge in [-0.05, 0) is 37.1 Å². The molecule has 0 amide bonds. The highest BCUT2D eigenvalue weighted by Crippen LogP contribution is 2.33. The van der Waals surface area contributed by atoms with Crippen molar-refractivity contribution >= 4 is 41.3 Å². The molecule has 19 heavy (non-hydrogen) atoms. The SMILES string of the molecule is CN=C(NCCCC1CC1)NC(C)c1cccs1.I. The van der Waals surface area contributed by atoms with Gasteiger partial charge in [-0.2, -0.15) is 0 Å². The third kappa shape index (κ3) is 6.12. The molecule has 2 rings (SSSR count). The highest BCUT2D eigenvalue weighted by atomic mass is 127. The molecule has 1 aliphatic carbocycles. The van der Waals surface area contributed by atoms with Crippen molar-refractivity contribution in [1.82, 2.24) is 10.6 Å². The Hall–Kier alpha value is -0.300. The standard InChI is InChI=1S/C14H23N3S.HI/c1-11(13-6-4-10-18-13)17-14(15-2)16-9-3-5-12-7-8-12;/h4,6,10-12H,3,5,7-9H2,1-2H3,(H2,15,16,17);1H. The van der Waals surface area contributed by atoms with Crippen molar-refractivity contribution in [2.45, 2.75) is 38.6 Å². The Morgan fingerprint density at radius 3 is 2.89 bits per heavy atom. The Morgan fingerprint density at radius 1 is 1.53 bits per heavy atom. The van der Waals surface area contributed by atoms with Crippen LogP contribution in [0.25, 0.3) is 0 Å². The van der Waals surface area contributed by atoms with Crippen molar-refractivity contribution < 1.29 is 0 Å². The second-order valence-electron chi connectivity index (χ2n) is 4.97. The number of hydrogen-bond acceptors (Lipinski definition) is 2. The molecule has 3 nitrogen and oxygen atoms in total. The van der Waals surface area contributed by atoms with E-state index >= 15 is 0 Å². The van der Waals surface area contributed by atoms with Crippen LogP contribution < -0.4 is 10.6 Å². The molecule has 1 aliphatic rings. The van der Waals surface area contributed by atoms with Crippen LogP contribution in [0, 0.1) is 5.92 Å². The summed E-state index contributed by atoms with van der Waals surface area (Å²) in [5, 5.41) is 8.92. The van der Waals surface area contributed by atoms with Crippen LogP contribution in [0.15, 0.2) is 22.5 Å². The number of nitrogens with zero attached hydrogens (tertiary/aromatic N) is 1. The summed E-state index contributed by atoms with van der Waals surface area (Å²) in [6.45, 7) is 3.19. The van der Waals surface area contributed by atoms with Gasteiger partial charge in [0.05, 0.1) is 6.04 Å². The van der Waals surface area contributed by atoms with E-state index in [0.29, 0.717) is 6.04 Å². The Labute approximate surface area is 137 Å². The number of thiophene rings is 1. The molecular weight excluding hydrogens is 369 g/mol. The normalized spacial score (nSPS) is 16.6. The number of aliphatic imine (C=N–C) groups is 1. The first kappa shape index (κ1) is 16.8. The van der Waals surface area contributed by atoms with E-state index in [-0.39, 0.29) is 24.0 Å². The van der Waals surface area contributed by atoms with E-state index < -0.39 is 0 Å². The van der Waals surface area contributed by atoms with Crippen LogP contribution in [0.3, 0.4) is 0 Å². The van der Waals surface area contributed by atoms with Gasteiger partial charge >= 0.3 is 0 Å². The molecular formula is C14H24IN3S. The first-order chi connectivity index (χ1) is 8.79. The molecule has 2 N–H and O–H groups in total. The minimum Gasteiger partial charge on any atom is -0.356 e. The van der Waals surface area contributed by atoms with Gasteiger partial charge in [0, 0.05) is 18.5 Å². The van der Waals surface area contributed by atoms with Gasteiger partial charge in [-0.15, -0.1) is 35.3 Å². The molecule has 1 aromatic rings. The number of nitrogens with one attached hydrogen (secondary N) is 2. The second kappa shape index (κ2) is 8.79. The maximum atomic E-state index is 4.27. The average molecular weight is 393 g/mol.